The van der Waals surface area contributed by atoms with E-state index in [1.54, 1.807) is 12.1 Å². The number of methoxy groups -OCH3 is 1. The van der Waals surface area contributed by atoms with Crippen LogP contribution in [0.4, 0.5) is 9.52 Å². The molecule has 0 spiro atoms. The third-order valence-electron chi connectivity index (χ3n) is 2.44. The summed E-state index contributed by atoms with van der Waals surface area (Å²) in [5.41, 5.74) is 0.722. The molecule has 1 heterocycles. The Kier molecular flexibility index (Phi) is 5.84. The van der Waals surface area contributed by atoms with Crippen LogP contribution in [0, 0.1) is 5.82 Å². The average Bonchev–Trinajstić information content (AvgIpc) is 2.96. The number of thioether (sulfide) groups is 1. The molecule has 0 atom stereocenters. The Hall–Kier alpha value is -2.00. The second kappa shape index (κ2) is 7.85. The highest BCUT2D eigenvalue weighted by atomic mass is 32.2. The van der Waals surface area contributed by atoms with E-state index in [0.717, 1.165) is 17.3 Å². The summed E-state index contributed by atoms with van der Waals surface area (Å²) in [6.07, 6.45) is 0. The standard InChI is InChI=1S/C13H12FN3O3S2/c1-20-11(19)7-21-6-10(18)15-13-17-16-12(22-13)8-2-4-9(14)5-3-8/h2-5H,6-7H2,1H3,(H,15,17,18). The third-order valence-corrected chi connectivity index (χ3v) is 4.24. The van der Waals surface area contributed by atoms with Crippen molar-refractivity contribution < 1.29 is 18.7 Å². The predicted molar refractivity (Wildman–Crippen MR) is 83.3 cm³/mol. The number of nitrogens with one attached hydrogen (secondary N) is 1. The summed E-state index contributed by atoms with van der Waals surface area (Å²) < 4.78 is 17.3. The molecule has 1 aromatic carbocycles. The van der Waals surface area contributed by atoms with Crippen LogP contribution in [0.1, 0.15) is 0 Å². The zero-order chi connectivity index (χ0) is 15.9. The first kappa shape index (κ1) is 16.4. The average molecular weight is 341 g/mol. The van der Waals surface area contributed by atoms with E-state index in [4.69, 9.17) is 0 Å². The van der Waals surface area contributed by atoms with Crippen LogP contribution in [-0.4, -0.2) is 40.7 Å². The fraction of sp³-hybridized carbons (Fsp3) is 0.231. The lowest BCUT2D eigenvalue weighted by Gasteiger charge is -2.00. The minimum absolute atomic E-state index is 0.112. The van der Waals surface area contributed by atoms with Crippen LogP contribution in [0.3, 0.4) is 0 Å². The molecule has 0 aliphatic rings. The molecular formula is C13H12FN3O3S2. The fourth-order valence-corrected chi connectivity index (χ4v) is 2.83. The molecule has 6 nitrogen and oxygen atoms in total. The molecule has 0 radical (unpaired) electrons. The van der Waals surface area contributed by atoms with Gasteiger partial charge in [-0.3, -0.25) is 14.9 Å². The summed E-state index contributed by atoms with van der Waals surface area (Å²) in [5.74, 6) is -0.769. The number of esters is 1. The summed E-state index contributed by atoms with van der Waals surface area (Å²) in [6.45, 7) is 0. The van der Waals surface area contributed by atoms with Crippen molar-refractivity contribution in [2.75, 3.05) is 23.9 Å². The Morgan fingerprint density at radius 1 is 1.27 bits per heavy atom. The number of halogens is 1. The lowest BCUT2D eigenvalue weighted by Crippen LogP contribution is -2.15. The van der Waals surface area contributed by atoms with Crippen LogP contribution < -0.4 is 5.32 Å². The number of aromatic nitrogens is 2. The molecule has 0 fully saturated rings. The monoisotopic (exact) mass is 341 g/mol. The van der Waals surface area contributed by atoms with Crippen molar-refractivity contribution in [3.05, 3.63) is 30.1 Å². The van der Waals surface area contributed by atoms with Gasteiger partial charge in [0, 0.05) is 5.56 Å². The molecule has 0 aliphatic heterocycles. The molecule has 0 saturated carbocycles. The highest BCUT2D eigenvalue weighted by Gasteiger charge is 2.10. The van der Waals surface area contributed by atoms with Gasteiger partial charge in [0.05, 0.1) is 18.6 Å². The predicted octanol–water partition coefficient (Wildman–Crippen LogP) is 2.19. The summed E-state index contributed by atoms with van der Waals surface area (Å²) >= 11 is 2.33. The third kappa shape index (κ3) is 4.78. The van der Waals surface area contributed by atoms with Crippen molar-refractivity contribution in [3.8, 4) is 10.6 Å². The van der Waals surface area contributed by atoms with Gasteiger partial charge in [-0.2, -0.15) is 0 Å². The van der Waals surface area contributed by atoms with Gasteiger partial charge < -0.3 is 4.74 Å². The number of hydrogen-bond donors (Lipinski definition) is 1. The minimum Gasteiger partial charge on any atom is -0.468 e. The van der Waals surface area contributed by atoms with E-state index in [1.165, 1.54) is 30.6 Å². The smallest absolute Gasteiger partial charge is 0.315 e. The van der Waals surface area contributed by atoms with Gasteiger partial charge in [-0.15, -0.1) is 22.0 Å². The van der Waals surface area contributed by atoms with Crippen LogP contribution in [0.2, 0.25) is 0 Å². The highest BCUT2D eigenvalue weighted by Crippen LogP contribution is 2.26. The number of anilines is 1. The number of carbonyl (C=O) groups excluding carboxylic acids is 2. The maximum absolute atomic E-state index is 12.9. The second-order valence-corrected chi connectivity index (χ2v) is 6.00. The molecule has 9 heteroatoms. The van der Waals surface area contributed by atoms with Crippen molar-refractivity contribution in [3.63, 3.8) is 0 Å². The van der Waals surface area contributed by atoms with E-state index >= 15 is 0 Å². The molecule has 22 heavy (non-hydrogen) atoms. The first-order chi connectivity index (χ1) is 10.6. The van der Waals surface area contributed by atoms with Gasteiger partial charge in [-0.05, 0) is 24.3 Å². The quantitative estimate of drug-likeness (QED) is 0.811. The summed E-state index contributed by atoms with van der Waals surface area (Å²) in [4.78, 5) is 22.6. The molecule has 1 aromatic heterocycles. The molecule has 0 bridgehead atoms. The fourth-order valence-electron chi connectivity index (χ4n) is 1.42. The van der Waals surface area contributed by atoms with Crippen LogP contribution in [0.25, 0.3) is 10.6 Å². The van der Waals surface area contributed by atoms with Gasteiger partial charge in [-0.25, -0.2) is 4.39 Å². The maximum atomic E-state index is 12.9. The second-order valence-electron chi connectivity index (χ2n) is 4.04. The Balaban J connectivity index is 1.87. The Bertz CT molecular complexity index is 661. The molecule has 2 rings (SSSR count). The molecule has 116 valence electrons. The van der Waals surface area contributed by atoms with E-state index in [0.29, 0.717) is 10.1 Å². The zero-order valence-electron chi connectivity index (χ0n) is 11.5. The van der Waals surface area contributed by atoms with Crippen LogP contribution >= 0.6 is 23.1 Å². The molecule has 0 unspecified atom stereocenters. The lowest BCUT2D eigenvalue weighted by atomic mass is 10.2. The van der Waals surface area contributed by atoms with Crippen molar-refractivity contribution in [2.24, 2.45) is 0 Å². The van der Waals surface area contributed by atoms with Crippen LogP contribution in [0.15, 0.2) is 24.3 Å². The number of amides is 1. The molecule has 0 saturated heterocycles. The van der Waals surface area contributed by atoms with Gasteiger partial charge in [0.15, 0.2) is 0 Å². The number of rotatable bonds is 6. The van der Waals surface area contributed by atoms with Crippen molar-refractivity contribution in [2.45, 2.75) is 0 Å². The summed E-state index contributed by atoms with van der Waals surface area (Å²) in [7, 11) is 1.29. The van der Waals surface area contributed by atoms with Crippen molar-refractivity contribution in [1.29, 1.82) is 0 Å². The van der Waals surface area contributed by atoms with E-state index in [-0.39, 0.29) is 29.2 Å². The van der Waals surface area contributed by atoms with E-state index in [2.05, 4.69) is 20.3 Å². The Labute approximate surface area is 134 Å². The number of ether oxygens (including phenoxy) is 1. The van der Waals surface area contributed by atoms with E-state index < -0.39 is 0 Å². The molecule has 1 amide bonds. The normalized spacial score (nSPS) is 10.3. The van der Waals surface area contributed by atoms with Gasteiger partial charge >= 0.3 is 5.97 Å². The molecule has 0 aliphatic carbocycles. The number of benzene rings is 1. The maximum Gasteiger partial charge on any atom is 0.315 e. The van der Waals surface area contributed by atoms with Crippen LogP contribution in [-0.2, 0) is 14.3 Å². The first-order valence-corrected chi connectivity index (χ1v) is 8.09. The van der Waals surface area contributed by atoms with Gasteiger partial charge in [0.1, 0.15) is 10.8 Å². The van der Waals surface area contributed by atoms with E-state index in [1.807, 2.05) is 0 Å². The highest BCUT2D eigenvalue weighted by molar-refractivity contribution is 8.00. The number of carbonyl (C=O) groups is 2. The van der Waals surface area contributed by atoms with E-state index in [9.17, 15) is 14.0 Å². The van der Waals surface area contributed by atoms with Gasteiger partial charge in [0.2, 0.25) is 11.0 Å². The lowest BCUT2D eigenvalue weighted by molar-refractivity contribution is -0.137. The number of nitrogens with zero attached hydrogens (tertiary/aromatic N) is 2. The van der Waals surface area contributed by atoms with Gasteiger partial charge in [0.25, 0.3) is 0 Å². The van der Waals surface area contributed by atoms with Crippen molar-refractivity contribution in [1.82, 2.24) is 10.2 Å². The molecule has 2 aromatic rings. The first-order valence-electron chi connectivity index (χ1n) is 6.12. The Morgan fingerprint density at radius 3 is 2.68 bits per heavy atom. The summed E-state index contributed by atoms with van der Waals surface area (Å²) in [5, 5.41) is 11.3. The molecular weight excluding hydrogens is 329 g/mol. The largest absolute Gasteiger partial charge is 0.468 e. The minimum atomic E-state index is -0.382. The van der Waals surface area contributed by atoms with Gasteiger partial charge in [-0.1, -0.05) is 11.3 Å². The molecule has 1 N–H and O–H groups in total. The van der Waals surface area contributed by atoms with Crippen LogP contribution in [0.5, 0.6) is 0 Å². The Morgan fingerprint density at radius 2 is 2.00 bits per heavy atom. The SMILES string of the molecule is COC(=O)CSCC(=O)Nc1nnc(-c2ccc(F)cc2)s1. The topological polar surface area (TPSA) is 81.2 Å². The van der Waals surface area contributed by atoms with Crippen molar-refractivity contribution >= 4 is 40.1 Å². The zero-order valence-corrected chi connectivity index (χ0v) is 13.2. The summed E-state index contributed by atoms with van der Waals surface area (Å²) in [6, 6.07) is 5.85. The number of hydrogen-bond acceptors (Lipinski definition) is 7.